The summed E-state index contributed by atoms with van der Waals surface area (Å²) in [5.41, 5.74) is -0.0746. The molecule has 0 atom stereocenters. The molecule has 0 aliphatic heterocycles. The van der Waals surface area contributed by atoms with E-state index in [0.717, 1.165) is 13.0 Å². The maximum Gasteiger partial charge on any atom is 0.219 e. The van der Waals surface area contributed by atoms with Crippen molar-refractivity contribution < 1.29 is 9.53 Å². The van der Waals surface area contributed by atoms with Gasteiger partial charge in [-0.1, -0.05) is 0 Å². The van der Waals surface area contributed by atoms with Gasteiger partial charge in [0.2, 0.25) is 5.91 Å². The van der Waals surface area contributed by atoms with E-state index in [0.29, 0.717) is 6.61 Å². The van der Waals surface area contributed by atoms with Gasteiger partial charge in [-0.15, -0.1) is 0 Å². The van der Waals surface area contributed by atoms with Gasteiger partial charge in [0.15, 0.2) is 0 Å². The van der Waals surface area contributed by atoms with Gasteiger partial charge in [-0.3, -0.25) is 4.79 Å². The third kappa shape index (κ3) is 7.78. The zero-order valence-corrected chi connectivity index (χ0v) is 9.39. The average molecular weight is 187 g/mol. The summed E-state index contributed by atoms with van der Waals surface area (Å²) in [6.07, 6.45) is 0.896. The van der Waals surface area contributed by atoms with Crippen molar-refractivity contribution in [2.75, 3.05) is 20.2 Å². The average Bonchev–Trinajstić information content (AvgIpc) is 1.95. The van der Waals surface area contributed by atoms with E-state index < -0.39 is 0 Å². The van der Waals surface area contributed by atoms with Crippen molar-refractivity contribution >= 4 is 5.91 Å². The second kappa shape index (κ2) is 5.22. The molecular weight excluding hydrogens is 166 g/mol. The van der Waals surface area contributed by atoms with E-state index in [-0.39, 0.29) is 11.5 Å². The molecule has 0 bridgehead atoms. The first kappa shape index (κ1) is 12.4. The number of carbonyl (C=O) groups excluding carboxylic acids is 1. The summed E-state index contributed by atoms with van der Waals surface area (Å²) in [6, 6.07) is 0. The summed E-state index contributed by atoms with van der Waals surface area (Å²) in [7, 11) is 1.80. The highest BCUT2D eigenvalue weighted by Crippen LogP contribution is 2.06. The third-order valence-electron chi connectivity index (χ3n) is 1.71. The Morgan fingerprint density at radius 1 is 1.38 bits per heavy atom. The maximum absolute atomic E-state index is 10.8. The van der Waals surface area contributed by atoms with Crippen LogP contribution in [-0.4, -0.2) is 36.6 Å². The summed E-state index contributed by atoms with van der Waals surface area (Å²) < 4.78 is 5.52. The van der Waals surface area contributed by atoms with Crippen LogP contribution in [0.5, 0.6) is 0 Å². The van der Waals surface area contributed by atoms with Crippen LogP contribution in [-0.2, 0) is 9.53 Å². The van der Waals surface area contributed by atoms with E-state index >= 15 is 0 Å². The molecule has 0 spiro atoms. The molecule has 0 aromatic heterocycles. The van der Waals surface area contributed by atoms with Gasteiger partial charge in [-0.25, -0.2) is 0 Å². The second-order valence-corrected chi connectivity index (χ2v) is 4.25. The fourth-order valence-corrected chi connectivity index (χ4v) is 0.838. The molecule has 0 saturated carbocycles. The monoisotopic (exact) mass is 187 g/mol. The van der Waals surface area contributed by atoms with Crippen LogP contribution in [0.1, 0.15) is 34.1 Å². The van der Waals surface area contributed by atoms with Gasteiger partial charge in [0.25, 0.3) is 0 Å². The Morgan fingerprint density at radius 3 is 2.31 bits per heavy atom. The van der Waals surface area contributed by atoms with Crippen LogP contribution in [0.25, 0.3) is 0 Å². The molecule has 1 amide bonds. The largest absolute Gasteiger partial charge is 0.376 e. The SMILES string of the molecule is CC(=O)N(C)CCCOC(C)(C)C. The molecule has 0 saturated heterocycles. The highest BCUT2D eigenvalue weighted by Gasteiger charge is 2.09. The van der Waals surface area contributed by atoms with Crippen molar-refractivity contribution in [2.45, 2.75) is 39.7 Å². The van der Waals surface area contributed by atoms with Gasteiger partial charge in [0.05, 0.1) is 5.60 Å². The van der Waals surface area contributed by atoms with Crippen molar-refractivity contribution in [1.82, 2.24) is 4.90 Å². The molecule has 0 aliphatic carbocycles. The van der Waals surface area contributed by atoms with Gasteiger partial charge < -0.3 is 9.64 Å². The summed E-state index contributed by atoms with van der Waals surface area (Å²) in [5.74, 6) is 0.107. The predicted octanol–water partition coefficient (Wildman–Crippen LogP) is 1.67. The molecule has 0 aliphatic rings. The van der Waals surface area contributed by atoms with Crippen LogP contribution in [0.3, 0.4) is 0 Å². The normalized spacial score (nSPS) is 11.5. The van der Waals surface area contributed by atoms with Crippen LogP contribution < -0.4 is 0 Å². The molecule has 0 fully saturated rings. The minimum Gasteiger partial charge on any atom is -0.376 e. The van der Waals surface area contributed by atoms with Crippen molar-refractivity contribution in [2.24, 2.45) is 0 Å². The molecule has 0 N–H and O–H groups in total. The number of nitrogens with zero attached hydrogens (tertiary/aromatic N) is 1. The van der Waals surface area contributed by atoms with Gasteiger partial charge in [0.1, 0.15) is 0 Å². The van der Waals surface area contributed by atoms with E-state index in [1.807, 2.05) is 20.8 Å². The van der Waals surface area contributed by atoms with E-state index in [2.05, 4.69) is 0 Å². The maximum atomic E-state index is 10.8. The van der Waals surface area contributed by atoms with E-state index in [4.69, 9.17) is 4.74 Å². The summed E-state index contributed by atoms with van der Waals surface area (Å²) >= 11 is 0. The Bertz CT molecular complexity index is 161. The molecule has 13 heavy (non-hydrogen) atoms. The standard InChI is InChI=1S/C10H21NO2/c1-9(12)11(5)7-6-8-13-10(2,3)4/h6-8H2,1-5H3. The molecule has 3 heteroatoms. The summed E-state index contributed by atoms with van der Waals surface area (Å²) in [5, 5.41) is 0. The molecule has 0 aromatic rings. The molecule has 0 radical (unpaired) electrons. The fourth-order valence-electron chi connectivity index (χ4n) is 0.838. The number of hydrogen-bond acceptors (Lipinski definition) is 2. The van der Waals surface area contributed by atoms with Crippen molar-refractivity contribution in [3.63, 3.8) is 0 Å². The number of carbonyl (C=O) groups is 1. The first-order chi connectivity index (χ1) is 5.83. The highest BCUT2D eigenvalue weighted by molar-refractivity contribution is 5.72. The van der Waals surface area contributed by atoms with Gasteiger partial charge in [-0.05, 0) is 27.2 Å². The molecular formula is C10H21NO2. The van der Waals surface area contributed by atoms with Crippen LogP contribution in [0.2, 0.25) is 0 Å². The quantitative estimate of drug-likeness (QED) is 0.627. The fraction of sp³-hybridized carbons (Fsp3) is 0.900. The van der Waals surface area contributed by atoms with E-state index in [1.54, 1.807) is 18.9 Å². The lowest BCUT2D eigenvalue weighted by Crippen LogP contribution is -2.27. The second-order valence-electron chi connectivity index (χ2n) is 4.25. The van der Waals surface area contributed by atoms with Gasteiger partial charge in [0, 0.05) is 27.1 Å². The Morgan fingerprint density at radius 2 is 1.92 bits per heavy atom. The summed E-state index contributed by atoms with van der Waals surface area (Å²) in [6.45, 7) is 9.14. The first-order valence-electron chi connectivity index (χ1n) is 4.68. The van der Waals surface area contributed by atoms with Crippen molar-refractivity contribution in [3.05, 3.63) is 0 Å². The van der Waals surface area contributed by atoms with Crippen LogP contribution >= 0.6 is 0 Å². The molecule has 0 heterocycles. The molecule has 3 nitrogen and oxygen atoms in total. The Balaban J connectivity index is 3.41. The predicted molar refractivity (Wildman–Crippen MR) is 53.6 cm³/mol. The molecule has 0 rings (SSSR count). The topological polar surface area (TPSA) is 29.5 Å². The van der Waals surface area contributed by atoms with Crippen LogP contribution in [0.4, 0.5) is 0 Å². The molecule has 0 unspecified atom stereocenters. The highest BCUT2D eigenvalue weighted by atomic mass is 16.5. The Labute approximate surface area is 81.1 Å². The number of amides is 1. The van der Waals surface area contributed by atoms with E-state index in [9.17, 15) is 4.79 Å². The van der Waals surface area contributed by atoms with Gasteiger partial charge >= 0.3 is 0 Å². The van der Waals surface area contributed by atoms with E-state index in [1.165, 1.54) is 0 Å². The Hall–Kier alpha value is -0.570. The van der Waals surface area contributed by atoms with Crippen molar-refractivity contribution in [3.8, 4) is 0 Å². The lowest BCUT2D eigenvalue weighted by molar-refractivity contribution is -0.127. The minimum atomic E-state index is -0.0746. The zero-order valence-electron chi connectivity index (χ0n) is 9.39. The van der Waals surface area contributed by atoms with Crippen LogP contribution in [0.15, 0.2) is 0 Å². The lowest BCUT2D eigenvalue weighted by atomic mass is 10.2. The summed E-state index contributed by atoms with van der Waals surface area (Å²) in [4.78, 5) is 12.5. The smallest absolute Gasteiger partial charge is 0.219 e. The zero-order chi connectivity index (χ0) is 10.5. The Kier molecular flexibility index (Phi) is 4.99. The first-order valence-corrected chi connectivity index (χ1v) is 4.68. The third-order valence-corrected chi connectivity index (χ3v) is 1.71. The number of hydrogen-bond donors (Lipinski definition) is 0. The lowest BCUT2D eigenvalue weighted by Gasteiger charge is -2.21. The van der Waals surface area contributed by atoms with Crippen LogP contribution in [0, 0.1) is 0 Å². The molecule has 78 valence electrons. The minimum absolute atomic E-state index is 0.0746. The number of rotatable bonds is 4. The molecule has 0 aromatic carbocycles. The van der Waals surface area contributed by atoms with Crippen molar-refractivity contribution in [1.29, 1.82) is 0 Å². The number of ether oxygens (including phenoxy) is 1. The van der Waals surface area contributed by atoms with Gasteiger partial charge in [-0.2, -0.15) is 0 Å².